The Balaban J connectivity index is 2.91. The van der Waals surface area contributed by atoms with Crippen molar-refractivity contribution in [1.29, 1.82) is 0 Å². The zero-order valence-corrected chi connectivity index (χ0v) is 8.89. The topological polar surface area (TPSA) is 21.6 Å². The zero-order valence-electron chi connectivity index (χ0n) is 8.07. The molecule has 0 radical (unpaired) electrons. The first kappa shape index (κ1) is 10.1. The van der Waals surface area contributed by atoms with Crippen LogP contribution in [0.5, 0.6) is 5.75 Å². The molecule has 2 nitrogen and oxygen atoms in total. The fraction of sp³-hybridized carbons (Fsp3) is 0.300. The largest absolute Gasteiger partial charge is 0.497 e. The summed E-state index contributed by atoms with van der Waals surface area (Å²) < 4.78 is 5.07. The van der Waals surface area contributed by atoms with Gasteiger partial charge in [-0.05, 0) is 30.5 Å². The Kier molecular flexibility index (Phi) is 3.83. The molecule has 0 heterocycles. The number of ether oxygens (including phenoxy) is 1. The summed E-state index contributed by atoms with van der Waals surface area (Å²) in [6.45, 7) is 0. The smallest absolute Gasteiger partial charge is 0.118 e. The van der Waals surface area contributed by atoms with Crippen molar-refractivity contribution in [3.05, 3.63) is 29.8 Å². The van der Waals surface area contributed by atoms with Crippen LogP contribution in [0.3, 0.4) is 0 Å². The van der Waals surface area contributed by atoms with Crippen molar-refractivity contribution in [2.45, 2.75) is 0 Å². The predicted molar refractivity (Wildman–Crippen MR) is 59.0 cm³/mol. The second-order valence-electron chi connectivity index (χ2n) is 2.46. The number of benzene rings is 1. The molecule has 0 aliphatic carbocycles. The molecule has 0 aliphatic rings. The van der Waals surface area contributed by atoms with Gasteiger partial charge in [0.15, 0.2) is 0 Å². The van der Waals surface area contributed by atoms with Gasteiger partial charge in [-0.1, -0.05) is 0 Å². The van der Waals surface area contributed by atoms with Gasteiger partial charge in [0.25, 0.3) is 0 Å². The third kappa shape index (κ3) is 2.49. The third-order valence-corrected chi connectivity index (χ3v) is 2.54. The highest BCUT2D eigenvalue weighted by Gasteiger charge is 2.00. The lowest BCUT2D eigenvalue weighted by Crippen LogP contribution is -1.94. The van der Waals surface area contributed by atoms with E-state index in [9.17, 15) is 0 Å². The van der Waals surface area contributed by atoms with Crippen LogP contribution in [0.4, 0.5) is 0 Å². The van der Waals surface area contributed by atoms with E-state index in [1.54, 1.807) is 25.9 Å². The van der Waals surface area contributed by atoms with E-state index in [4.69, 9.17) is 4.74 Å². The molecular weight excluding hydrogens is 182 g/mol. The molecule has 0 atom stereocenters. The molecule has 0 aliphatic heterocycles. The Morgan fingerprint density at radius 2 is 1.92 bits per heavy atom. The summed E-state index contributed by atoms with van der Waals surface area (Å²) in [5, 5.41) is 1.04. The molecule has 70 valence electrons. The lowest BCUT2D eigenvalue weighted by molar-refractivity contribution is 0.415. The van der Waals surface area contributed by atoms with Gasteiger partial charge in [-0.3, -0.25) is 4.99 Å². The molecule has 13 heavy (non-hydrogen) atoms. The summed E-state index contributed by atoms with van der Waals surface area (Å²) >= 11 is 1.65. The van der Waals surface area contributed by atoms with Gasteiger partial charge in [-0.15, -0.1) is 11.8 Å². The van der Waals surface area contributed by atoms with Crippen LogP contribution in [0.15, 0.2) is 29.3 Å². The summed E-state index contributed by atoms with van der Waals surface area (Å²) in [6, 6.07) is 7.91. The molecule has 0 unspecified atom stereocenters. The molecule has 0 aromatic heterocycles. The second-order valence-corrected chi connectivity index (χ2v) is 3.26. The number of rotatable bonds is 2. The number of hydrogen-bond acceptors (Lipinski definition) is 3. The Labute approximate surface area is 83.0 Å². The van der Waals surface area contributed by atoms with Gasteiger partial charge >= 0.3 is 0 Å². The van der Waals surface area contributed by atoms with E-state index in [-0.39, 0.29) is 0 Å². The maximum Gasteiger partial charge on any atom is 0.118 e. The Morgan fingerprint density at radius 1 is 1.31 bits per heavy atom. The molecule has 3 heteroatoms. The van der Waals surface area contributed by atoms with Gasteiger partial charge in [0.05, 0.1) is 12.2 Å². The number of methoxy groups -OCH3 is 1. The molecule has 0 saturated carbocycles. The average Bonchev–Trinajstić information content (AvgIpc) is 2.21. The number of nitrogens with zero attached hydrogens (tertiary/aromatic N) is 1. The van der Waals surface area contributed by atoms with Crippen LogP contribution >= 0.6 is 11.8 Å². The number of aliphatic imine (C=N–C) groups is 1. The zero-order chi connectivity index (χ0) is 9.68. The van der Waals surface area contributed by atoms with E-state index in [0.29, 0.717) is 0 Å². The van der Waals surface area contributed by atoms with Crippen LogP contribution in [-0.2, 0) is 0 Å². The lowest BCUT2D eigenvalue weighted by Gasteiger charge is -2.03. The molecule has 0 saturated heterocycles. The van der Waals surface area contributed by atoms with Crippen molar-refractivity contribution in [2.75, 3.05) is 20.4 Å². The van der Waals surface area contributed by atoms with Crippen LogP contribution in [0.25, 0.3) is 0 Å². The first-order valence-corrected chi connectivity index (χ1v) is 5.19. The van der Waals surface area contributed by atoms with Crippen LogP contribution in [0.2, 0.25) is 0 Å². The van der Waals surface area contributed by atoms with Crippen LogP contribution in [0, 0.1) is 0 Å². The Hall–Kier alpha value is -0.960. The standard InChI is InChI=1S/C10H13NOS/c1-11-10(13-3)8-4-6-9(12-2)7-5-8/h4-7H,1-3H3. The van der Waals surface area contributed by atoms with E-state index in [0.717, 1.165) is 16.4 Å². The van der Waals surface area contributed by atoms with Crippen molar-refractivity contribution < 1.29 is 4.74 Å². The average molecular weight is 195 g/mol. The van der Waals surface area contributed by atoms with Crippen molar-refractivity contribution in [3.63, 3.8) is 0 Å². The van der Waals surface area contributed by atoms with Gasteiger partial charge < -0.3 is 4.74 Å². The minimum atomic E-state index is 0.875. The van der Waals surface area contributed by atoms with Crippen molar-refractivity contribution in [2.24, 2.45) is 4.99 Å². The van der Waals surface area contributed by atoms with Gasteiger partial charge in [0, 0.05) is 12.6 Å². The highest BCUT2D eigenvalue weighted by Crippen LogP contribution is 2.15. The highest BCUT2D eigenvalue weighted by atomic mass is 32.2. The predicted octanol–water partition coefficient (Wildman–Crippen LogP) is 2.43. The van der Waals surface area contributed by atoms with Crippen molar-refractivity contribution >= 4 is 16.8 Å². The van der Waals surface area contributed by atoms with E-state index < -0.39 is 0 Å². The Bertz CT molecular complexity index is 292. The van der Waals surface area contributed by atoms with Crippen LogP contribution in [-0.4, -0.2) is 25.5 Å². The molecule has 0 bridgehead atoms. The fourth-order valence-electron chi connectivity index (χ4n) is 1.07. The van der Waals surface area contributed by atoms with Crippen molar-refractivity contribution in [1.82, 2.24) is 0 Å². The summed E-state index contributed by atoms with van der Waals surface area (Å²) in [6.07, 6.45) is 2.02. The first-order chi connectivity index (χ1) is 6.31. The Morgan fingerprint density at radius 3 is 2.31 bits per heavy atom. The summed E-state index contributed by atoms with van der Waals surface area (Å²) in [5.41, 5.74) is 1.14. The quantitative estimate of drug-likeness (QED) is 0.534. The van der Waals surface area contributed by atoms with E-state index in [1.165, 1.54) is 0 Å². The highest BCUT2D eigenvalue weighted by molar-refractivity contribution is 8.13. The normalized spacial score (nSPS) is 11.5. The molecule has 0 spiro atoms. The fourth-order valence-corrected chi connectivity index (χ4v) is 1.63. The summed E-state index contributed by atoms with van der Waals surface area (Å²) in [7, 11) is 3.47. The second kappa shape index (κ2) is 4.92. The van der Waals surface area contributed by atoms with Crippen LogP contribution in [0.1, 0.15) is 5.56 Å². The minimum absolute atomic E-state index is 0.875. The minimum Gasteiger partial charge on any atom is -0.497 e. The summed E-state index contributed by atoms with van der Waals surface area (Å²) in [4.78, 5) is 4.17. The molecule has 1 aromatic carbocycles. The number of hydrogen-bond donors (Lipinski definition) is 0. The van der Waals surface area contributed by atoms with Gasteiger partial charge in [0.1, 0.15) is 5.75 Å². The molecule has 0 fully saturated rings. The maximum absolute atomic E-state index is 5.07. The van der Waals surface area contributed by atoms with Crippen molar-refractivity contribution in [3.8, 4) is 5.75 Å². The van der Waals surface area contributed by atoms with E-state index in [2.05, 4.69) is 4.99 Å². The molecule has 0 amide bonds. The monoisotopic (exact) mass is 195 g/mol. The lowest BCUT2D eigenvalue weighted by atomic mass is 10.2. The first-order valence-electron chi connectivity index (χ1n) is 3.97. The van der Waals surface area contributed by atoms with Gasteiger partial charge in [-0.25, -0.2) is 0 Å². The van der Waals surface area contributed by atoms with Crippen LogP contribution < -0.4 is 4.74 Å². The summed E-state index contributed by atoms with van der Waals surface area (Å²) in [5.74, 6) is 0.875. The van der Waals surface area contributed by atoms with E-state index in [1.807, 2.05) is 30.5 Å². The molecular formula is C10H13NOS. The number of thioether (sulfide) groups is 1. The maximum atomic E-state index is 5.07. The molecule has 1 rings (SSSR count). The van der Waals surface area contributed by atoms with Gasteiger partial charge in [-0.2, -0.15) is 0 Å². The van der Waals surface area contributed by atoms with Gasteiger partial charge in [0.2, 0.25) is 0 Å². The van der Waals surface area contributed by atoms with E-state index >= 15 is 0 Å². The molecule has 0 N–H and O–H groups in total. The molecule has 1 aromatic rings. The third-order valence-electron chi connectivity index (χ3n) is 1.73. The SMILES string of the molecule is CN=C(SC)c1ccc(OC)cc1.